The van der Waals surface area contributed by atoms with Crippen LogP contribution in [0.15, 0.2) is 83.9 Å². The van der Waals surface area contributed by atoms with Gasteiger partial charge in [0.25, 0.3) is 11.4 Å². The zero-order valence-corrected chi connectivity index (χ0v) is 26.1. The van der Waals surface area contributed by atoms with E-state index in [0.717, 1.165) is 22.3 Å². The minimum Gasteiger partial charge on any atom is -0.422 e. The van der Waals surface area contributed by atoms with Crippen molar-refractivity contribution >= 4 is 34.6 Å². The molecule has 0 aromatic heterocycles. The molecule has 0 amide bonds. The number of aryl methyl sites for hydroxylation is 6. The molecule has 1 heterocycles. The number of ether oxygens (including phenoxy) is 2. The summed E-state index contributed by atoms with van der Waals surface area (Å²) in [6.45, 7) is 11.2. The van der Waals surface area contributed by atoms with E-state index in [9.17, 15) is 29.8 Å². The van der Waals surface area contributed by atoms with E-state index in [1.54, 1.807) is 0 Å². The fourth-order valence-electron chi connectivity index (χ4n) is 5.98. The topological polar surface area (TPSA) is 139 Å². The molecule has 0 atom stereocenters. The molecule has 1 aliphatic heterocycles. The average Bonchev–Trinajstić information content (AvgIpc) is 3.33. The molecule has 10 nitrogen and oxygen atoms in total. The second-order valence-electron chi connectivity index (χ2n) is 11.3. The standard InChI is InChI=1S/C36H30N2O8/c1-19-15-21(3)29(22(4)16-19)30(25-7-11-27(12-8-25)37(41)42)31-32(36(40)45-33-23(5)17-20(2)18-24(33)6)34(46-35(31)39)26-9-13-28(14-10-26)38(43)44/h7-18H,1-6H3/b31-30-. The summed E-state index contributed by atoms with van der Waals surface area (Å²) in [6, 6.07) is 18.6. The number of rotatable bonds is 7. The van der Waals surface area contributed by atoms with Gasteiger partial charge in [-0.3, -0.25) is 20.2 Å². The zero-order valence-electron chi connectivity index (χ0n) is 26.1. The van der Waals surface area contributed by atoms with Gasteiger partial charge >= 0.3 is 11.9 Å². The molecule has 0 spiro atoms. The van der Waals surface area contributed by atoms with E-state index in [-0.39, 0.29) is 33.8 Å². The molecule has 0 saturated heterocycles. The molecular weight excluding hydrogens is 588 g/mol. The van der Waals surface area contributed by atoms with E-state index < -0.39 is 21.8 Å². The van der Waals surface area contributed by atoms with E-state index in [1.807, 2.05) is 65.8 Å². The fraction of sp³-hybridized carbons (Fsp3) is 0.167. The summed E-state index contributed by atoms with van der Waals surface area (Å²) < 4.78 is 11.8. The lowest BCUT2D eigenvalue weighted by Crippen LogP contribution is -2.17. The van der Waals surface area contributed by atoms with Crippen LogP contribution >= 0.6 is 0 Å². The maximum absolute atomic E-state index is 14.3. The number of nitro benzene ring substituents is 2. The summed E-state index contributed by atoms with van der Waals surface area (Å²) in [7, 11) is 0. The van der Waals surface area contributed by atoms with Crippen molar-refractivity contribution in [3.63, 3.8) is 0 Å². The largest absolute Gasteiger partial charge is 0.422 e. The molecule has 0 radical (unpaired) electrons. The number of carbonyl (C=O) groups is 2. The van der Waals surface area contributed by atoms with Crippen LogP contribution in [0.1, 0.15) is 50.1 Å². The quantitative estimate of drug-likeness (QED) is 0.0674. The highest BCUT2D eigenvalue weighted by Gasteiger charge is 2.40. The van der Waals surface area contributed by atoms with Gasteiger partial charge < -0.3 is 9.47 Å². The van der Waals surface area contributed by atoms with Crippen molar-refractivity contribution < 1.29 is 28.9 Å². The zero-order chi connectivity index (χ0) is 33.4. The lowest BCUT2D eigenvalue weighted by atomic mass is 9.84. The van der Waals surface area contributed by atoms with Crippen LogP contribution in [0.25, 0.3) is 11.3 Å². The van der Waals surface area contributed by atoms with Crippen LogP contribution in [-0.2, 0) is 14.3 Å². The van der Waals surface area contributed by atoms with Crippen LogP contribution in [0.3, 0.4) is 0 Å². The van der Waals surface area contributed by atoms with Crippen molar-refractivity contribution in [3.8, 4) is 5.75 Å². The molecule has 232 valence electrons. The number of cyclic esters (lactones) is 1. The fourth-order valence-corrected chi connectivity index (χ4v) is 5.98. The minimum absolute atomic E-state index is 0.0929. The first-order valence-corrected chi connectivity index (χ1v) is 14.4. The number of esters is 2. The second kappa shape index (κ2) is 12.2. The molecule has 46 heavy (non-hydrogen) atoms. The number of nitrogens with zero attached hydrogens (tertiary/aromatic N) is 2. The Balaban J connectivity index is 1.85. The molecule has 0 N–H and O–H groups in total. The average molecular weight is 619 g/mol. The third kappa shape index (κ3) is 5.92. The van der Waals surface area contributed by atoms with Gasteiger partial charge in [-0.15, -0.1) is 0 Å². The maximum Gasteiger partial charge on any atom is 0.348 e. The Labute approximate surface area is 264 Å². The Morgan fingerprint density at radius 2 is 1.15 bits per heavy atom. The van der Waals surface area contributed by atoms with Gasteiger partial charge in [-0.25, -0.2) is 9.59 Å². The van der Waals surface area contributed by atoms with E-state index in [4.69, 9.17) is 9.47 Å². The van der Waals surface area contributed by atoms with Gasteiger partial charge in [0.2, 0.25) is 0 Å². The molecule has 0 fully saturated rings. The van der Waals surface area contributed by atoms with Crippen LogP contribution < -0.4 is 4.74 Å². The van der Waals surface area contributed by atoms with Crippen molar-refractivity contribution in [2.45, 2.75) is 41.5 Å². The van der Waals surface area contributed by atoms with Gasteiger partial charge in [-0.2, -0.15) is 0 Å². The predicted octanol–water partition coefficient (Wildman–Crippen LogP) is 7.73. The van der Waals surface area contributed by atoms with E-state index in [2.05, 4.69) is 0 Å². The SMILES string of the molecule is Cc1cc(C)c(OC(=O)C2=C(c3ccc([N+](=O)[O-])cc3)OC(=O)/C2=C(/c2ccc([N+](=O)[O-])cc2)c2c(C)cc(C)cc2C)c(C)c1. The van der Waals surface area contributed by atoms with Gasteiger partial charge in [0.05, 0.1) is 15.4 Å². The van der Waals surface area contributed by atoms with Gasteiger partial charge in [-0.05, 0) is 99.2 Å². The number of hydrogen-bond donors (Lipinski definition) is 0. The minimum atomic E-state index is -0.869. The Kier molecular flexibility index (Phi) is 8.39. The Morgan fingerprint density at radius 1 is 0.696 bits per heavy atom. The monoisotopic (exact) mass is 618 g/mol. The van der Waals surface area contributed by atoms with Crippen LogP contribution in [0.5, 0.6) is 5.75 Å². The Morgan fingerprint density at radius 3 is 1.63 bits per heavy atom. The maximum atomic E-state index is 14.3. The lowest BCUT2D eigenvalue weighted by Gasteiger charge is -2.19. The number of hydrogen-bond acceptors (Lipinski definition) is 8. The number of carbonyl (C=O) groups excluding carboxylic acids is 2. The molecule has 10 heteroatoms. The molecule has 4 aromatic carbocycles. The van der Waals surface area contributed by atoms with Gasteiger partial charge in [0.1, 0.15) is 11.3 Å². The summed E-state index contributed by atoms with van der Waals surface area (Å²) >= 11 is 0. The summed E-state index contributed by atoms with van der Waals surface area (Å²) in [4.78, 5) is 50.0. The smallest absolute Gasteiger partial charge is 0.348 e. The highest BCUT2D eigenvalue weighted by Crippen LogP contribution is 2.43. The molecule has 1 aliphatic rings. The van der Waals surface area contributed by atoms with E-state index in [1.165, 1.54) is 48.5 Å². The van der Waals surface area contributed by atoms with Crippen molar-refractivity contribution in [3.05, 3.63) is 154 Å². The first kappa shape index (κ1) is 31.5. The lowest BCUT2D eigenvalue weighted by molar-refractivity contribution is -0.385. The number of nitro groups is 2. The van der Waals surface area contributed by atoms with E-state index in [0.29, 0.717) is 33.6 Å². The van der Waals surface area contributed by atoms with Gasteiger partial charge in [-0.1, -0.05) is 35.4 Å². The molecule has 5 rings (SSSR count). The van der Waals surface area contributed by atoms with Gasteiger partial charge in [0.15, 0.2) is 5.76 Å². The third-order valence-corrected chi connectivity index (χ3v) is 7.76. The van der Waals surface area contributed by atoms with Crippen molar-refractivity contribution in [2.24, 2.45) is 0 Å². The normalized spacial score (nSPS) is 13.8. The molecule has 0 unspecified atom stereocenters. The van der Waals surface area contributed by atoms with Crippen molar-refractivity contribution in [2.75, 3.05) is 0 Å². The summed E-state index contributed by atoms with van der Waals surface area (Å²) in [5.74, 6) is -1.51. The number of benzene rings is 4. The summed E-state index contributed by atoms with van der Waals surface area (Å²) in [5, 5.41) is 22.8. The molecular formula is C36H30N2O8. The first-order chi connectivity index (χ1) is 21.8. The van der Waals surface area contributed by atoms with Crippen molar-refractivity contribution in [1.82, 2.24) is 0 Å². The second-order valence-corrected chi connectivity index (χ2v) is 11.3. The number of non-ortho nitro benzene ring substituents is 2. The summed E-state index contributed by atoms with van der Waals surface area (Å²) in [5.41, 5.74) is 6.03. The summed E-state index contributed by atoms with van der Waals surface area (Å²) in [6.07, 6.45) is 0. The predicted molar refractivity (Wildman–Crippen MR) is 172 cm³/mol. The molecule has 0 aliphatic carbocycles. The van der Waals surface area contributed by atoms with Crippen molar-refractivity contribution in [1.29, 1.82) is 0 Å². The van der Waals surface area contributed by atoms with E-state index >= 15 is 0 Å². The van der Waals surface area contributed by atoms with Crippen LogP contribution in [-0.4, -0.2) is 21.8 Å². The first-order valence-electron chi connectivity index (χ1n) is 14.4. The highest BCUT2D eigenvalue weighted by atomic mass is 16.6. The molecule has 0 bridgehead atoms. The van der Waals surface area contributed by atoms with Crippen LogP contribution in [0, 0.1) is 61.8 Å². The Bertz CT molecular complexity index is 1970. The highest BCUT2D eigenvalue weighted by molar-refractivity contribution is 6.22. The van der Waals surface area contributed by atoms with Gasteiger partial charge in [0, 0.05) is 35.4 Å². The Hall–Kier alpha value is -5.90. The van der Waals surface area contributed by atoms with Crippen LogP contribution in [0.4, 0.5) is 11.4 Å². The molecule has 4 aromatic rings. The molecule has 0 saturated carbocycles. The third-order valence-electron chi connectivity index (χ3n) is 7.76. The van der Waals surface area contributed by atoms with Crippen LogP contribution in [0.2, 0.25) is 0 Å².